The van der Waals surface area contributed by atoms with Gasteiger partial charge in [-0.2, -0.15) is 15.0 Å². The van der Waals surface area contributed by atoms with Crippen molar-refractivity contribution in [3.63, 3.8) is 0 Å². The first-order valence-electron chi connectivity index (χ1n) is 5.98. The van der Waals surface area contributed by atoms with E-state index in [1.165, 1.54) is 16.9 Å². The number of ether oxygens (including phenoxy) is 1. The molecular formula is C12H13N3O4. The Morgan fingerprint density at radius 1 is 1.26 bits per heavy atom. The summed E-state index contributed by atoms with van der Waals surface area (Å²) in [6, 6.07) is 6.02. The van der Waals surface area contributed by atoms with E-state index in [1.807, 2.05) is 0 Å². The number of hydrogen-bond donors (Lipinski definition) is 2. The zero-order chi connectivity index (χ0) is 13.4. The van der Waals surface area contributed by atoms with Gasteiger partial charge in [-0.05, 0) is 24.3 Å². The van der Waals surface area contributed by atoms with E-state index >= 15 is 0 Å². The molecule has 3 rings (SSSR count). The van der Waals surface area contributed by atoms with Gasteiger partial charge in [0.2, 0.25) is 0 Å². The fourth-order valence-electron chi connectivity index (χ4n) is 2.11. The van der Waals surface area contributed by atoms with Crippen molar-refractivity contribution >= 4 is 11.0 Å². The van der Waals surface area contributed by atoms with Gasteiger partial charge in [0.1, 0.15) is 17.1 Å². The van der Waals surface area contributed by atoms with Crippen molar-refractivity contribution < 1.29 is 14.9 Å². The Morgan fingerprint density at radius 3 is 2.42 bits per heavy atom. The molecule has 1 saturated heterocycles. The zero-order valence-corrected chi connectivity index (χ0v) is 10.0. The maximum Gasteiger partial charge on any atom is 0.178 e. The van der Waals surface area contributed by atoms with Crippen molar-refractivity contribution in [3.05, 3.63) is 34.5 Å². The Balaban J connectivity index is 1.95. The summed E-state index contributed by atoms with van der Waals surface area (Å²) >= 11 is 0. The molecule has 0 aliphatic carbocycles. The minimum absolute atomic E-state index is 0.112. The number of aliphatic hydroxyl groups excluding tert-OH is 2. The summed E-state index contributed by atoms with van der Waals surface area (Å²) in [4.78, 5) is 12.6. The lowest BCUT2D eigenvalue weighted by molar-refractivity contribution is -0.0529. The molecule has 100 valence electrons. The van der Waals surface area contributed by atoms with Gasteiger partial charge in [0.15, 0.2) is 11.7 Å². The minimum atomic E-state index is -0.728. The Hall–Kier alpha value is -1.83. The van der Waals surface area contributed by atoms with Crippen molar-refractivity contribution in [1.82, 2.24) is 15.0 Å². The molecule has 1 fully saturated rings. The first kappa shape index (κ1) is 12.2. The summed E-state index contributed by atoms with van der Waals surface area (Å²) in [6.45, 7) is -0.243. The van der Waals surface area contributed by atoms with E-state index in [4.69, 9.17) is 9.84 Å². The SMILES string of the molecule is O=c1ccc2nn([C@H]3C[C@H](O)[C@@H](CO)O3)nc2cc1. The molecule has 19 heavy (non-hydrogen) atoms. The van der Waals surface area contributed by atoms with Gasteiger partial charge < -0.3 is 14.9 Å². The lowest BCUT2D eigenvalue weighted by atomic mass is 10.2. The van der Waals surface area contributed by atoms with E-state index in [0.717, 1.165) is 0 Å². The van der Waals surface area contributed by atoms with Crippen LogP contribution in [-0.2, 0) is 4.74 Å². The third-order valence-corrected chi connectivity index (χ3v) is 3.14. The second-order valence-corrected chi connectivity index (χ2v) is 4.47. The van der Waals surface area contributed by atoms with Crippen LogP contribution in [0.15, 0.2) is 29.1 Å². The largest absolute Gasteiger partial charge is 0.394 e. The maximum absolute atomic E-state index is 11.2. The van der Waals surface area contributed by atoms with Gasteiger partial charge in [0, 0.05) is 6.42 Å². The van der Waals surface area contributed by atoms with Crippen molar-refractivity contribution in [3.8, 4) is 0 Å². The summed E-state index contributed by atoms with van der Waals surface area (Å²) in [5.41, 5.74) is 1.04. The molecule has 1 aromatic carbocycles. The monoisotopic (exact) mass is 263 g/mol. The van der Waals surface area contributed by atoms with Crippen LogP contribution in [0.1, 0.15) is 12.6 Å². The molecule has 0 spiro atoms. The highest BCUT2D eigenvalue weighted by molar-refractivity contribution is 5.72. The highest BCUT2D eigenvalue weighted by atomic mass is 16.5. The smallest absolute Gasteiger partial charge is 0.178 e. The van der Waals surface area contributed by atoms with Crippen molar-refractivity contribution in [2.75, 3.05) is 6.61 Å². The molecular weight excluding hydrogens is 250 g/mol. The topological polar surface area (TPSA) is 97.5 Å². The van der Waals surface area contributed by atoms with Crippen molar-refractivity contribution in [2.24, 2.45) is 0 Å². The Kier molecular flexibility index (Phi) is 3.02. The van der Waals surface area contributed by atoms with Crippen molar-refractivity contribution in [2.45, 2.75) is 24.9 Å². The van der Waals surface area contributed by atoms with Gasteiger partial charge in [-0.1, -0.05) is 0 Å². The summed E-state index contributed by atoms with van der Waals surface area (Å²) in [7, 11) is 0. The standard InChI is InChI=1S/C12H13N3O4/c16-6-11-10(18)5-12(19-11)15-13-8-3-1-7(17)2-4-9(8)14-15/h1-4,10-12,16,18H,5-6H2/t10-,11+,12+/m0/s1. The number of fused-ring (bicyclic) bond motifs is 1. The third-order valence-electron chi connectivity index (χ3n) is 3.14. The Morgan fingerprint density at radius 2 is 1.89 bits per heavy atom. The molecule has 0 saturated carbocycles. The number of nitrogens with zero attached hydrogens (tertiary/aromatic N) is 3. The molecule has 0 bridgehead atoms. The fourth-order valence-corrected chi connectivity index (χ4v) is 2.11. The van der Waals surface area contributed by atoms with E-state index in [9.17, 15) is 9.90 Å². The Bertz CT molecular complexity index is 617. The summed E-state index contributed by atoms with van der Waals surface area (Å²) in [6.07, 6.45) is -1.51. The maximum atomic E-state index is 11.2. The summed E-state index contributed by atoms with van der Waals surface area (Å²) in [5, 5.41) is 27.2. The quantitative estimate of drug-likeness (QED) is 0.753. The van der Waals surface area contributed by atoms with Gasteiger partial charge in [-0.15, -0.1) is 0 Å². The normalized spacial score (nSPS) is 26.9. The second kappa shape index (κ2) is 4.69. The van der Waals surface area contributed by atoms with Crippen LogP contribution in [0.4, 0.5) is 0 Å². The van der Waals surface area contributed by atoms with E-state index in [0.29, 0.717) is 17.5 Å². The van der Waals surface area contributed by atoms with Gasteiger partial charge in [-0.25, -0.2) is 0 Å². The predicted molar refractivity (Wildman–Crippen MR) is 65.4 cm³/mol. The molecule has 0 unspecified atom stereocenters. The number of aromatic nitrogens is 3. The lowest BCUT2D eigenvalue weighted by Gasteiger charge is -2.10. The number of aliphatic hydroxyl groups is 2. The first-order valence-corrected chi connectivity index (χ1v) is 5.98. The van der Waals surface area contributed by atoms with Crippen LogP contribution >= 0.6 is 0 Å². The van der Waals surface area contributed by atoms with E-state index in [1.54, 1.807) is 12.1 Å². The van der Waals surface area contributed by atoms with E-state index < -0.39 is 18.4 Å². The molecule has 3 atom stereocenters. The molecule has 7 nitrogen and oxygen atoms in total. The van der Waals surface area contributed by atoms with Crippen LogP contribution in [0.25, 0.3) is 11.0 Å². The van der Waals surface area contributed by atoms with Crippen LogP contribution < -0.4 is 5.43 Å². The molecule has 7 heteroatoms. The van der Waals surface area contributed by atoms with Crippen LogP contribution in [0.2, 0.25) is 0 Å². The molecule has 2 aromatic rings. The van der Waals surface area contributed by atoms with Crippen LogP contribution in [0.3, 0.4) is 0 Å². The Labute approximate surface area is 108 Å². The highest BCUT2D eigenvalue weighted by Gasteiger charge is 2.35. The minimum Gasteiger partial charge on any atom is -0.394 e. The van der Waals surface area contributed by atoms with Gasteiger partial charge in [0.25, 0.3) is 0 Å². The molecule has 1 aliphatic heterocycles. The van der Waals surface area contributed by atoms with Crippen molar-refractivity contribution in [1.29, 1.82) is 0 Å². The summed E-state index contributed by atoms with van der Waals surface area (Å²) in [5.74, 6) is 0. The molecule has 1 aliphatic rings. The number of hydrogen-bond acceptors (Lipinski definition) is 6. The third kappa shape index (κ3) is 2.23. The first-order chi connectivity index (χ1) is 9.17. The second-order valence-electron chi connectivity index (χ2n) is 4.47. The van der Waals surface area contributed by atoms with Crippen LogP contribution in [-0.4, -0.2) is 44.0 Å². The average molecular weight is 263 g/mol. The van der Waals surface area contributed by atoms with Crippen LogP contribution in [0, 0.1) is 0 Å². The van der Waals surface area contributed by atoms with E-state index in [2.05, 4.69) is 10.2 Å². The average Bonchev–Trinajstić information content (AvgIpc) is 2.93. The lowest BCUT2D eigenvalue weighted by Crippen LogP contribution is -2.24. The van der Waals surface area contributed by atoms with Gasteiger partial charge in [0.05, 0.1) is 12.7 Å². The van der Waals surface area contributed by atoms with Crippen LogP contribution in [0.5, 0.6) is 0 Å². The van der Waals surface area contributed by atoms with Gasteiger partial charge >= 0.3 is 0 Å². The number of rotatable bonds is 2. The zero-order valence-electron chi connectivity index (χ0n) is 10.0. The summed E-state index contributed by atoms with van der Waals surface area (Å²) < 4.78 is 5.46. The molecule has 0 amide bonds. The predicted octanol–water partition coefficient (Wildman–Crippen LogP) is -0.568. The fraction of sp³-hybridized carbons (Fsp3) is 0.417. The van der Waals surface area contributed by atoms with E-state index in [-0.39, 0.29) is 12.0 Å². The molecule has 2 N–H and O–H groups in total. The van der Waals surface area contributed by atoms with Gasteiger partial charge in [-0.3, -0.25) is 4.79 Å². The highest BCUT2D eigenvalue weighted by Crippen LogP contribution is 2.27. The molecule has 0 radical (unpaired) electrons. The molecule has 1 aromatic heterocycles. The molecule has 2 heterocycles.